The van der Waals surface area contributed by atoms with E-state index in [1.165, 1.54) is 0 Å². The van der Waals surface area contributed by atoms with Crippen molar-refractivity contribution in [2.75, 3.05) is 6.61 Å². The largest absolute Gasteiger partial charge is 0.481 e. The molecule has 1 unspecified atom stereocenters. The van der Waals surface area contributed by atoms with Gasteiger partial charge < -0.3 is 9.84 Å². The quantitative estimate of drug-likeness (QED) is 0.406. The molecular weight excluding hydrogens is 198 g/mol. The Hall–Kier alpha value is -2.01. The first-order valence-electron chi connectivity index (χ1n) is 4.29. The number of carbonyl (C=O) groups excluding carboxylic acids is 1. The van der Waals surface area contributed by atoms with Gasteiger partial charge in [-0.15, -0.1) is 5.92 Å². The van der Waals surface area contributed by atoms with Crippen molar-refractivity contribution >= 4 is 11.9 Å². The second-order valence-electron chi connectivity index (χ2n) is 2.62. The minimum absolute atomic E-state index is 0.00548. The number of hydrogen-bond acceptors (Lipinski definition) is 4. The molecule has 0 aromatic rings. The van der Waals surface area contributed by atoms with Crippen LogP contribution in [0, 0.1) is 29.1 Å². The van der Waals surface area contributed by atoms with E-state index in [1.807, 2.05) is 0 Å². The fourth-order valence-electron chi connectivity index (χ4n) is 0.831. The number of nitriles is 1. The normalized spacial score (nSPS) is 10.4. The third kappa shape index (κ3) is 5.33. The van der Waals surface area contributed by atoms with Gasteiger partial charge in [-0.3, -0.25) is 9.59 Å². The summed E-state index contributed by atoms with van der Waals surface area (Å²) in [4.78, 5) is 21.8. The van der Waals surface area contributed by atoms with Crippen LogP contribution in [0.1, 0.15) is 19.8 Å². The van der Waals surface area contributed by atoms with Gasteiger partial charge in [0.15, 0.2) is 12.5 Å². The molecule has 0 rings (SSSR count). The lowest BCUT2D eigenvalue weighted by Crippen LogP contribution is -2.25. The number of nitrogens with zero attached hydrogens (tertiary/aromatic N) is 1. The van der Waals surface area contributed by atoms with Gasteiger partial charge in [0.1, 0.15) is 0 Å². The summed E-state index contributed by atoms with van der Waals surface area (Å²) in [6.07, 6.45) is -0.0320. The molecule has 0 aromatic carbocycles. The molecule has 0 aliphatic carbocycles. The average Bonchev–Trinajstić information content (AvgIpc) is 2.18. The van der Waals surface area contributed by atoms with Gasteiger partial charge in [0.2, 0.25) is 0 Å². The lowest BCUT2D eigenvalue weighted by Gasteiger charge is -2.08. The van der Waals surface area contributed by atoms with E-state index in [1.54, 1.807) is 13.0 Å². The van der Waals surface area contributed by atoms with E-state index in [0.29, 0.717) is 0 Å². The first-order valence-corrected chi connectivity index (χ1v) is 4.29. The highest BCUT2D eigenvalue weighted by molar-refractivity contribution is 5.93. The lowest BCUT2D eigenvalue weighted by molar-refractivity contribution is -0.157. The average molecular weight is 209 g/mol. The highest BCUT2D eigenvalue weighted by Crippen LogP contribution is 2.08. The fraction of sp³-hybridized carbons (Fsp3) is 0.500. The SMILES string of the molecule is CC#CCOC(=O)C(CCC#N)C(=O)O. The zero-order valence-electron chi connectivity index (χ0n) is 8.32. The van der Waals surface area contributed by atoms with E-state index in [0.717, 1.165) is 0 Å². The van der Waals surface area contributed by atoms with Gasteiger partial charge >= 0.3 is 11.9 Å². The number of rotatable bonds is 5. The van der Waals surface area contributed by atoms with Gasteiger partial charge in [-0.1, -0.05) is 5.92 Å². The number of carbonyl (C=O) groups is 2. The van der Waals surface area contributed by atoms with Crippen molar-refractivity contribution in [2.45, 2.75) is 19.8 Å². The summed E-state index contributed by atoms with van der Waals surface area (Å²) < 4.78 is 4.60. The molecule has 0 aliphatic heterocycles. The van der Waals surface area contributed by atoms with Crippen LogP contribution >= 0.6 is 0 Å². The summed E-state index contributed by atoms with van der Waals surface area (Å²) in [7, 11) is 0. The number of carboxylic acids is 1. The monoisotopic (exact) mass is 209 g/mol. The van der Waals surface area contributed by atoms with Crippen molar-refractivity contribution in [3.63, 3.8) is 0 Å². The molecule has 0 saturated heterocycles. The highest BCUT2D eigenvalue weighted by Gasteiger charge is 2.27. The molecule has 1 atom stereocenters. The van der Waals surface area contributed by atoms with Gasteiger partial charge in [-0.25, -0.2) is 0 Å². The molecule has 1 N–H and O–H groups in total. The summed E-state index contributed by atoms with van der Waals surface area (Å²) >= 11 is 0. The maximum Gasteiger partial charge on any atom is 0.321 e. The third-order valence-corrected chi connectivity index (χ3v) is 1.59. The smallest absolute Gasteiger partial charge is 0.321 e. The van der Waals surface area contributed by atoms with E-state index in [-0.39, 0.29) is 19.4 Å². The van der Waals surface area contributed by atoms with E-state index < -0.39 is 17.9 Å². The Morgan fingerprint density at radius 1 is 1.53 bits per heavy atom. The van der Waals surface area contributed by atoms with E-state index >= 15 is 0 Å². The molecule has 0 saturated carbocycles. The van der Waals surface area contributed by atoms with Gasteiger partial charge in [-0.2, -0.15) is 5.26 Å². The van der Waals surface area contributed by atoms with Crippen LogP contribution in [0.3, 0.4) is 0 Å². The maximum absolute atomic E-state index is 11.2. The van der Waals surface area contributed by atoms with Crippen LogP contribution in [0.25, 0.3) is 0 Å². The molecule has 0 bridgehead atoms. The zero-order chi connectivity index (χ0) is 11.7. The Balaban J connectivity index is 4.22. The van der Waals surface area contributed by atoms with Crippen LogP contribution in [0.4, 0.5) is 0 Å². The van der Waals surface area contributed by atoms with E-state index in [4.69, 9.17) is 10.4 Å². The first-order chi connectivity index (χ1) is 7.13. The van der Waals surface area contributed by atoms with Crippen molar-refractivity contribution in [3.8, 4) is 17.9 Å². The topological polar surface area (TPSA) is 87.4 Å². The molecule has 0 heterocycles. The Labute approximate surface area is 87.6 Å². The molecule has 5 nitrogen and oxygen atoms in total. The van der Waals surface area contributed by atoms with Gasteiger partial charge in [-0.05, 0) is 13.3 Å². The molecule has 15 heavy (non-hydrogen) atoms. The van der Waals surface area contributed by atoms with Crippen LogP contribution in [0.2, 0.25) is 0 Å². The Morgan fingerprint density at radius 2 is 2.20 bits per heavy atom. The maximum atomic E-state index is 11.2. The zero-order valence-corrected chi connectivity index (χ0v) is 8.32. The van der Waals surface area contributed by atoms with Crippen molar-refractivity contribution < 1.29 is 19.4 Å². The van der Waals surface area contributed by atoms with Crippen molar-refractivity contribution in [2.24, 2.45) is 5.92 Å². The van der Waals surface area contributed by atoms with E-state index in [9.17, 15) is 9.59 Å². The molecule has 0 aliphatic rings. The van der Waals surface area contributed by atoms with Crippen LogP contribution in [0.5, 0.6) is 0 Å². The van der Waals surface area contributed by atoms with Crippen molar-refractivity contribution in [1.29, 1.82) is 5.26 Å². The predicted octanol–water partition coefficient (Wildman–Crippen LogP) is 0.557. The molecule has 0 radical (unpaired) electrons. The third-order valence-electron chi connectivity index (χ3n) is 1.59. The number of aliphatic carboxylic acids is 1. The van der Waals surface area contributed by atoms with Crippen molar-refractivity contribution in [3.05, 3.63) is 0 Å². The Bertz CT molecular complexity index is 332. The van der Waals surface area contributed by atoms with Crippen LogP contribution in [0.15, 0.2) is 0 Å². The minimum atomic E-state index is -1.28. The van der Waals surface area contributed by atoms with Crippen LogP contribution in [-0.2, 0) is 14.3 Å². The second kappa shape index (κ2) is 7.40. The minimum Gasteiger partial charge on any atom is -0.481 e. The summed E-state index contributed by atoms with van der Waals surface area (Å²) in [5, 5.41) is 17.0. The standard InChI is InChI=1S/C10H11NO4/c1-2-3-7-15-10(14)8(9(12)13)5-4-6-11/h8H,4-5,7H2,1H3,(H,12,13). The summed E-state index contributed by atoms with van der Waals surface area (Å²) in [6, 6.07) is 1.78. The van der Waals surface area contributed by atoms with Crippen LogP contribution < -0.4 is 0 Å². The fourth-order valence-corrected chi connectivity index (χ4v) is 0.831. The Kier molecular flexibility index (Phi) is 6.41. The van der Waals surface area contributed by atoms with Gasteiger partial charge in [0.05, 0.1) is 6.07 Å². The van der Waals surface area contributed by atoms with Gasteiger partial charge in [0, 0.05) is 6.42 Å². The molecule has 0 spiro atoms. The highest BCUT2D eigenvalue weighted by atomic mass is 16.5. The number of hydrogen-bond donors (Lipinski definition) is 1. The number of ether oxygens (including phenoxy) is 1. The molecule has 0 fully saturated rings. The summed E-state index contributed by atoms with van der Waals surface area (Å²) in [6.45, 7) is 1.46. The lowest BCUT2D eigenvalue weighted by atomic mass is 10.0. The predicted molar refractivity (Wildman–Crippen MR) is 50.4 cm³/mol. The molecule has 80 valence electrons. The molecule has 0 amide bonds. The first kappa shape index (κ1) is 13.0. The van der Waals surface area contributed by atoms with Gasteiger partial charge in [0.25, 0.3) is 0 Å². The number of carboxylic acid groups (broad SMARTS) is 1. The molecule has 5 heteroatoms. The molecule has 0 aromatic heterocycles. The summed E-state index contributed by atoms with van der Waals surface area (Å²) in [5.74, 6) is 1.59. The Morgan fingerprint density at radius 3 is 2.67 bits per heavy atom. The number of esters is 1. The molecular formula is C10H11NO4. The van der Waals surface area contributed by atoms with Crippen molar-refractivity contribution in [1.82, 2.24) is 0 Å². The summed E-state index contributed by atoms with van der Waals surface area (Å²) in [5.41, 5.74) is 0. The van der Waals surface area contributed by atoms with Crippen LogP contribution in [-0.4, -0.2) is 23.7 Å². The second-order valence-corrected chi connectivity index (χ2v) is 2.62. The van der Waals surface area contributed by atoms with E-state index in [2.05, 4.69) is 16.6 Å².